The van der Waals surface area contributed by atoms with E-state index in [1.165, 1.54) is 4.90 Å². The smallest absolute Gasteiger partial charge is 0.262 e. The molecule has 4 aliphatic rings. The van der Waals surface area contributed by atoms with E-state index in [-0.39, 0.29) is 24.7 Å². The Labute approximate surface area is 242 Å². The van der Waals surface area contributed by atoms with Gasteiger partial charge in [0.25, 0.3) is 11.8 Å². The molecule has 8 heteroatoms. The number of nitrogens with zero attached hydrogens (tertiary/aromatic N) is 4. The number of rotatable bonds is 4. The lowest BCUT2D eigenvalue weighted by Gasteiger charge is -2.55. The second-order valence-electron chi connectivity index (χ2n) is 11.6. The summed E-state index contributed by atoms with van der Waals surface area (Å²) in [6.07, 6.45) is 4.41. The van der Waals surface area contributed by atoms with Crippen LogP contribution in [0.1, 0.15) is 51.6 Å². The first-order chi connectivity index (χ1) is 20.3. The second kappa shape index (κ2) is 8.79. The minimum atomic E-state index is -0.982. The number of carbonyl (C=O) groups excluding carboxylic acids is 2. The van der Waals surface area contributed by atoms with Gasteiger partial charge in [-0.25, -0.2) is 20.4 Å². The van der Waals surface area contributed by atoms with Crippen molar-refractivity contribution in [2.45, 2.75) is 30.9 Å². The van der Waals surface area contributed by atoms with Crippen molar-refractivity contribution < 1.29 is 14.7 Å². The lowest BCUT2D eigenvalue weighted by Crippen LogP contribution is -2.63. The van der Waals surface area contributed by atoms with Crippen LogP contribution in [0.25, 0.3) is 22.4 Å². The van der Waals surface area contributed by atoms with Gasteiger partial charge >= 0.3 is 0 Å². The van der Waals surface area contributed by atoms with Gasteiger partial charge in [-0.2, -0.15) is 0 Å². The van der Waals surface area contributed by atoms with Crippen LogP contribution in [0, 0.1) is 0 Å². The van der Waals surface area contributed by atoms with Crippen LogP contribution in [0.4, 0.5) is 5.82 Å². The third-order valence-corrected chi connectivity index (χ3v) is 8.69. The molecule has 0 saturated heterocycles. The van der Waals surface area contributed by atoms with Crippen molar-refractivity contribution in [1.82, 2.24) is 15.3 Å². The predicted octanol–water partition coefficient (Wildman–Crippen LogP) is 5.05. The van der Waals surface area contributed by atoms with E-state index in [2.05, 4.69) is 28.6 Å². The van der Waals surface area contributed by atoms with Gasteiger partial charge in [0, 0.05) is 42.3 Å². The van der Waals surface area contributed by atoms with Crippen LogP contribution in [-0.4, -0.2) is 45.2 Å². The third-order valence-electron chi connectivity index (χ3n) is 8.69. The standard InChI is InChI=1S/C34H27N5O3/c1-33(42)19-34(20-33,38-31(40)25-9-5-6-10-26(25)32(38)41)24-13-11-22(12-14-24)29-27(21-7-3-2-4-8-21)17-23-18-35-28-15-16-36-39(28)30(23)37-29/h2-15,17-18,36,42H,16,19-20H2,1H3. The van der Waals surface area contributed by atoms with E-state index < -0.39 is 11.1 Å². The topological polar surface area (TPSA) is 98.1 Å². The highest BCUT2D eigenvalue weighted by atomic mass is 16.3. The van der Waals surface area contributed by atoms with E-state index in [0.29, 0.717) is 17.7 Å². The van der Waals surface area contributed by atoms with E-state index in [9.17, 15) is 14.7 Å². The fraction of sp³-hybridized carbons (Fsp3) is 0.176. The molecule has 2 N–H and O–H groups in total. The summed E-state index contributed by atoms with van der Waals surface area (Å²) >= 11 is 0. The van der Waals surface area contributed by atoms with Gasteiger partial charge in [-0.1, -0.05) is 66.7 Å². The predicted molar refractivity (Wildman–Crippen MR) is 160 cm³/mol. The van der Waals surface area contributed by atoms with Gasteiger partial charge in [-0.15, -0.1) is 0 Å². The number of hydrogen-bond donors (Lipinski definition) is 2. The van der Waals surface area contributed by atoms with Crippen LogP contribution in [0.3, 0.4) is 0 Å². The molecule has 2 amide bonds. The molecule has 4 aromatic rings. The number of anilines is 1. The van der Waals surface area contributed by atoms with Crippen molar-refractivity contribution >= 4 is 23.8 Å². The fourth-order valence-corrected chi connectivity index (χ4v) is 6.90. The lowest BCUT2D eigenvalue weighted by molar-refractivity contribution is -0.118. The molecule has 1 fully saturated rings. The Balaban J connectivity index is 1.23. The molecule has 1 aromatic heterocycles. The van der Waals surface area contributed by atoms with Gasteiger partial charge in [0.1, 0.15) is 5.82 Å². The highest BCUT2D eigenvalue weighted by molar-refractivity contribution is 6.22. The monoisotopic (exact) mass is 553 g/mol. The number of nitrogens with one attached hydrogen (secondary N) is 1. The molecule has 3 aliphatic heterocycles. The van der Waals surface area contributed by atoms with Crippen LogP contribution in [0.5, 0.6) is 0 Å². The summed E-state index contributed by atoms with van der Waals surface area (Å²) in [5.74, 6) is 0.969. The summed E-state index contributed by atoms with van der Waals surface area (Å²) in [6, 6.07) is 27.1. The molecule has 42 heavy (non-hydrogen) atoms. The van der Waals surface area contributed by atoms with Crippen molar-refractivity contribution in [2.24, 2.45) is 4.99 Å². The van der Waals surface area contributed by atoms with E-state index >= 15 is 0 Å². The van der Waals surface area contributed by atoms with Gasteiger partial charge in [-0.3, -0.25) is 14.5 Å². The maximum Gasteiger partial charge on any atom is 0.262 e. The number of imide groups is 1. The summed E-state index contributed by atoms with van der Waals surface area (Å²) in [5.41, 5.74) is 7.67. The number of hydrazine groups is 1. The van der Waals surface area contributed by atoms with Crippen LogP contribution >= 0.6 is 0 Å². The van der Waals surface area contributed by atoms with Crippen molar-refractivity contribution in [2.75, 3.05) is 11.6 Å². The Bertz CT molecular complexity index is 1820. The Morgan fingerprint density at radius 3 is 2.17 bits per heavy atom. The first-order valence-corrected chi connectivity index (χ1v) is 14.0. The van der Waals surface area contributed by atoms with Gasteiger partial charge in [-0.05, 0) is 42.3 Å². The van der Waals surface area contributed by atoms with Gasteiger partial charge in [0.2, 0.25) is 0 Å². The van der Waals surface area contributed by atoms with E-state index in [1.54, 1.807) is 31.2 Å². The maximum absolute atomic E-state index is 13.5. The number of aromatic nitrogens is 1. The lowest BCUT2D eigenvalue weighted by atomic mass is 9.61. The molecule has 8 rings (SSSR count). The van der Waals surface area contributed by atoms with Crippen molar-refractivity contribution in [3.8, 4) is 22.4 Å². The average molecular weight is 554 g/mol. The number of fused-ring (bicyclic) bond motifs is 4. The summed E-state index contributed by atoms with van der Waals surface area (Å²) in [5, 5.41) is 12.8. The summed E-state index contributed by atoms with van der Waals surface area (Å²) in [6.45, 7) is 2.43. The Kier molecular flexibility index (Phi) is 5.20. The van der Waals surface area contributed by atoms with Crippen molar-refractivity contribution in [1.29, 1.82) is 0 Å². The van der Waals surface area contributed by atoms with Gasteiger partial charge < -0.3 is 5.11 Å². The number of benzene rings is 3. The quantitative estimate of drug-likeness (QED) is 0.343. The van der Waals surface area contributed by atoms with Gasteiger partial charge in [0.15, 0.2) is 5.82 Å². The van der Waals surface area contributed by atoms with Crippen molar-refractivity contribution in [3.63, 3.8) is 0 Å². The molecule has 0 radical (unpaired) electrons. The SMILES string of the molecule is CC1(O)CC(c2ccc(-c3nc4c(cc3-c3ccccc3)C=NC3=CCNN34)cc2)(N2C(=O)c3ccccc3C2=O)C1. The highest BCUT2D eigenvalue weighted by Crippen LogP contribution is 2.54. The molecule has 0 bridgehead atoms. The van der Waals surface area contributed by atoms with Crippen molar-refractivity contribution in [3.05, 3.63) is 119 Å². The van der Waals surface area contributed by atoms with E-state index in [4.69, 9.17) is 4.98 Å². The summed E-state index contributed by atoms with van der Waals surface area (Å²) in [4.78, 5) is 38.2. The Morgan fingerprint density at radius 2 is 1.50 bits per heavy atom. The largest absolute Gasteiger partial charge is 0.390 e. The minimum absolute atomic E-state index is 0.270. The fourth-order valence-electron chi connectivity index (χ4n) is 6.90. The molecule has 0 atom stereocenters. The molecule has 4 heterocycles. The number of aliphatic hydroxyl groups is 1. The molecule has 3 aromatic carbocycles. The van der Waals surface area contributed by atoms with Crippen LogP contribution in [0.2, 0.25) is 0 Å². The zero-order valence-electron chi connectivity index (χ0n) is 22.9. The second-order valence-corrected chi connectivity index (χ2v) is 11.6. The maximum atomic E-state index is 13.5. The molecule has 206 valence electrons. The third kappa shape index (κ3) is 3.55. The van der Waals surface area contributed by atoms with E-state index in [1.807, 2.05) is 59.8 Å². The zero-order valence-corrected chi connectivity index (χ0v) is 22.9. The molecular weight excluding hydrogens is 526 g/mol. The number of aliphatic imine (C=N–C) groups is 1. The number of hydrogen-bond acceptors (Lipinski definition) is 7. The van der Waals surface area contributed by atoms with E-state index in [0.717, 1.165) is 45.2 Å². The van der Waals surface area contributed by atoms with Crippen LogP contribution in [0.15, 0.2) is 102 Å². The molecule has 0 spiro atoms. The molecular formula is C34H27N5O3. The summed E-state index contributed by atoms with van der Waals surface area (Å²) < 4.78 is 0. The molecule has 1 aliphatic carbocycles. The Hall–Kier alpha value is -4.92. The average Bonchev–Trinajstić information content (AvgIpc) is 3.58. The highest BCUT2D eigenvalue weighted by Gasteiger charge is 2.60. The van der Waals surface area contributed by atoms with Crippen LogP contribution in [-0.2, 0) is 5.54 Å². The molecule has 8 nitrogen and oxygen atoms in total. The van der Waals surface area contributed by atoms with Gasteiger partial charge in [0.05, 0.1) is 28.0 Å². The Morgan fingerprint density at radius 1 is 0.833 bits per heavy atom. The molecule has 1 saturated carbocycles. The zero-order chi connectivity index (χ0) is 28.6. The number of pyridine rings is 1. The number of carbonyl (C=O) groups is 2. The number of amides is 2. The normalized spacial score (nSPS) is 23.8. The minimum Gasteiger partial charge on any atom is -0.390 e. The molecule has 0 unspecified atom stereocenters. The first kappa shape index (κ1) is 24.8. The first-order valence-electron chi connectivity index (χ1n) is 14.0. The van der Waals surface area contributed by atoms with Crippen LogP contribution < -0.4 is 10.4 Å². The summed E-state index contributed by atoms with van der Waals surface area (Å²) in [7, 11) is 0.